The molecule has 1 atom stereocenters. The fraction of sp³-hybridized carbons (Fsp3) is 0.462. The molecule has 1 saturated heterocycles. The Hall–Kier alpha value is -2.11. The second-order valence-corrected chi connectivity index (χ2v) is 4.72. The lowest BCUT2D eigenvalue weighted by molar-refractivity contribution is -0.384. The first-order chi connectivity index (χ1) is 9.01. The summed E-state index contributed by atoms with van der Waals surface area (Å²) in [7, 11) is 0. The molecule has 1 heterocycles. The zero-order chi connectivity index (χ0) is 14.0. The molecule has 0 aromatic heterocycles. The minimum Gasteiger partial charge on any atom is -0.479 e. The minimum absolute atomic E-state index is 0.0142. The van der Waals surface area contributed by atoms with Crippen LogP contribution in [0.15, 0.2) is 24.3 Å². The number of carboxylic acid groups (broad SMARTS) is 1. The molecule has 1 aromatic rings. The van der Waals surface area contributed by atoms with E-state index in [9.17, 15) is 20.0 Å². The first kappa shape index (κ1) is 13.3. The highest BCUT2D eigenvalue weighted by Gasteiger charge is 2.46. The van der Waals surface area contributed by atoms with E-state index in [1.165, 1.54) is 12.1 Å². The van der Waals surface area contributed by atoms with Gasteiger partial charge in [0.2, 0.25) is 0 Å². The Morgan fingerprint density at radius 2 is 2.11 bits per heavy atom. The number of hydrogen-bond acceptors (Lipinski definition) is 4. The van der Waals surface area contributed by atoms with Gasteiger partial charge in [-0.25, -0.2) is 4.79 Å². The number of anilines is 1. The third-order valence-corrected chi connectivity index (χ3v) is 3.84. The van der Waals surface area contributed by atoms with Crippen LogP contribution in [-0.4, -0.2) is 28.1 Å². The molecule has 0 radical (unpaired) electrons. The van der Waals surface area contributed by atoms with Crippen molar-refractivity contribution in [3.63, 3.8) is 0 Å². The van der Waals surface area contributed by atoms with Crippen LogP contribution in [0.25, 0.3) is 0 Å². The van der Waals surface area contributed by atoms with Crippen molar-refractivity contribution in [1.82, 2.24) is 0 Å². The molecule has 1 N–H and O–H groups in total. The van der Waals surface area contributed by atoms with Crippen molar-refractivity contribution in [2.24, 2.45) is 0 Å². The number of carbonyl (C=O) groups is 1. The van der Waals surface area contributed by atoms with E-state index in [0.29, 0.717) is 19.4 Å². The smallest absolute Gasteiger partial charge is 0.329 e. The van der Waals surface area contributed by atoms with Gasteiger partial charge in [-0.15, -0.1) is 0 Å². The summed E-state index contributed by atoms with van der Waals surface area (Å²) in [4.78, 5) is 23.6. The number of hydrogen-bond donors (Lipinski definition) is 1. The van der Waals surface area contributed by atoms with Crippen LogP contribution in [0.5, 0.6) is 0 Å². The van der Waals surface area contributed by atoms with Crippen molar-refractivity contribution in [2.75, 3.05) is 11.4 Å². The molecule has 1 aliphatic heterocycles. The highest BCUT2D eigenvalue weighted by molar-refractivity contribution is 5.84. The van der Waals surface area contributed by atoms with Gasteiger partial charge in [0.25, 0.3) is 5.69 Å². The molecular weight excluding hydrogens is 248 g/mol. The van der Waals surface area contributed by atoms with Gasteiger partial charge < -0.3 is 10.0 Å². The van der Waals surface area contributed by atoms with Crippen LogP contribution in [0.2, 0.25) is 0 Å². The molecule has 1 fully saturated rings. The monoisotopic (exact) mass is 264 g/mol. The van der Waals surface area contributed by atoms with Crippen LogP contribution in [0.3, 0.4) is 0 Å². The summed E-state index contributed by atoms with van der Waals surface area (Å²) in [5, 5.41) is 20.1. The Morgan fingerprint density at radius 3 is 2.58 bits per heavy atom. The number of aliphatic carboxylic acids is 1. The molecule has 1 aromatic carbocycles. The molecule has 6 nitrogen and oxygen atoms in total. The van der Waals surface area contributed by atoms with E-state index in [1.54, 1.807) is 12.1 Å². The number of rotatable bonds is 4. The Bertz CT molecular complexity index is 500. The van der Waals surface area contributed by atoms with E-state index in [0.717, 1.165) is 12.1 Å². The van der Waals surface area contributed by atoms with Crippen molar-refractivity contribution >= 4 is 17.3 Å². The molecule has 102 valence electrons. The first-order valence-corrected chi connectivity index (χ1v) is 6.27. The third kappa shape index (κ3) is 2.14. The molecule has 0 saturated carbocycles. The van der Waals surface area contributed by atoms with E-state index >= 15 is 0 Å². The van der Waals surface area contributed by atoms with Gasteiger partial charge >= 0.3 is 5.97 Å². The summed E-state index contributed by atoms with van der Waals surface area (Å²) in [6, 6.07) is 6.07. The average molecular weight is 264 g/mol. The lowest BCUT2D eigenvalue weighted by atomic mass is 9.92. The van der Waals surface area contributed by atoms with E-state index in [1.807, 2.05) is 11.8 Å². The second kappa shape index (κ2) is 4.87. The third-order valence-electron chi connectivity index (χ3n) is 3.84. The number of carboxylic acids is 1. The van der Waals surface area contributed by atoms with Crippen LogP contribution in [-0.2, 0) is 4.79 Å². The Kier molecular flexibility index (Phi) is 3.42. The van der Waals surface area contributed by atoms with E-state index < -0.39 is 16.4 Å². The Labute approximate surface area is 110 Å². The zero-order valence-corrected chi connectivity index (χ0v) is 10.7. The van der Waals surface area contributed by atoms with Crippen LogP contribution >= 0.6 is 0 Å². The summed E-state index contributed by atoms with van der Waals surface area (Å²) in [6.07, 6.45) is 1.94. The molecule has 2 rings (SSSR count). The van der Waals surface area contributed by atoms with Crippen molar-refractivity contribution < 1.29 is 14.8 Å². The van der Waals surface area contributed by atoms with Crippen molar-refractivity contribution in [3.8, 4) is 0 Å². The molecule has 1 unspecified atom stereocenters. The minimum atomic E-state index is -0.879. The molecular formula is C13H16N2O4. The van der Waals surface area contributed by atoms with Gasteiger partial charge in [0.15, 0.2) is 0 Å². The summed E-state index contributed by atoms with van der Waals surface area (Å²) >= 11 is 0. The van der Waals surface area contributed by atoms with Gasteiger partial charge in [-0.3, -0.25) is 10.1 Å². The fourth-order valence-corrected chi connectivity index (χ4v) is 2.75. The van der Waals surface area contributed by atoms with Gasteiger partial charge in [0.05, 0.1) is 4.92 Å². The SMILES string of the molecule is CCC1(C(=O)O)CCCN1c1ccc([N+](=O)[O-])cc1. The number of non-ortho nitro benzene ring substituents is 1. The molecule has 19 heavy (non-hydrogen) atoms. The summed E-state index contributed by atoms with van der Waals surface area (Å²) in [6.45, 7) is 2.52. The normalized spacial score (nSPS) is 22.5. The summed E-state index contributed by atoms with van der Waals surface area (Å²) < 4.78 is 0. The van der Waals surface area contributed by atoms with Gasteiger partial charge in [0.1, 0.15) is 5.54 Å². The maximum atomic E-state index is 11.6. The van der Waals surface area contributed by atoms with Crippen LogP contribution < -0.4 is 4.90 Å². The molecule has 0 bridgehead atoms. The van der Waals surface area contributed by atoms with Crippen molar-refractivity contribution in [3.05, 3.63) is 34.4 Å². The van der Waals surface area contributed by atoms with Crippen LogP contribution in [0.4, 0.5) is 11.4 Å². The number of benzene rings is 1. The number of nitrogens with zero attached hydrogens (tertiary/aromatic N) is 2. The van der Waals surface area contributed by atoms with E-state index in [2.05, 4.69) is 0 Å². The molecule has 1 aliphatic rings. The van der Waals surface area contributed by atoms with Crippen molar-refractivity contribution in [1.29, 1.82) is 0 Å². The van der Waals surface area contributed by atoms with Crippen LogP contribution in [0, 0.1) is 10.1 Å². The lowest BCUT2D eigenvalue weighted by Crippen LogP contribution is -2.50. The van der Waals surface area contributed by atoms with E-state index in [-0.39, 0.29) is 5.69 Å². The first-order valence-electron chi connectivity index (χ1n) is 6.27. The van der Waals surface area contributed by atoms with Crippen LogP contribution in [0.1, 0.15) is 26.2 Å². The van der Waals surface area contributed by atoms with Gasteiger partial charge in [-0.05, 0) is 31.4 Å². The number of nitro groups is 1. The second-order valence-electron chi connectivity index (χ2n) is 4.72. The average Bonchev–Trinajstić information content (AvgIpc) is 2.83. The largest absolute Gasteiger partial charge is 0.479 e. The predicted octanol–water partition coefficient (Wildman–Crippen LogP) is 2.43. The highest BCUT2D eigenvalue weighted by atomic mass is 16.6. The standard InChI is InChI=1S/C13H16N2O4/c1-2-13(12(16)17)8-3-9-14(13)10-4-6-11(7-5-10)15(18)19/h4-7H,2-3,8-9H2,1H3,(H,16,17). The summed E-state index contributed by atoms with van der Waals surface area (Å²) in [5.74, 6) is -0.828. The number of nitro benzene ring substituents is 1. The maximum absolute atomic E-state index is 11.6. The Morgan fingerprint density at radius 1 is 1.47 bits per heavy atom. The quantitative estimate of drug-likeness (QED) is 0.667. The Balaban J connectivity index is 2.34. The zero-order valence-electron chi connectivity index (χ0n) is 10.7. The molecule has 0 aliphatic carbocycles. The van der Waals surface area contributed by atoms with Crippen molar-refractivity contribution in [2.45, 2.75) is 31.7 Å². The summed E-state index contributed by atoms with van der Waals surface area (Å²) in [5.41, 5.74) is -0.136. The van der Waals surface area contributed by atoms with Gasteiger partial charge in [-0.2, -0.15) is 0 Å². The topological polar surface area (TPSA) is 83.7 Å². The fourth-order valence-electron chi connectivity index (χ4n) is 2.75. The lowest BCUT2D eigenvalue weighted by Gasteiger charge is -2.35. The molecule has 0 amide bonds. The maximum Gasteiger partial charge on any atom is 0.329 e. The van der Waals surface area contributed by atoms with Gasteiger partial charge in [-0.1, -0.05) is 6.92 Å². The highest BCUT2D eigenvalue weighted by Crippen LogP contribution is 2.37. The predicted molar refractivity (Wildman–Crippen MR) is 70.3 cm³/mol. The van der Waals surface area contributed by atoms with Gasteiger partial charge in [0, 0.05) is 24.4 Å². The molecule has 0 spiro atoms. The van der Waals surface area contributed by atoms with E-state index in [4.69, 9.17) is 0 Å². The molecule has 6 heteroatoms.